The molecule has 2 aromatic carbocycles. The molecule has 0 spiro atoms. The summed E-state index contributed by atoms with van der Waals surface area (Å²) in [5.74, 6) is -2.02. The first kappa shape index (κ1) is 29.4. The molecule has 0 aromatic heterocycles. The lowest BCUT2D eigenvalue weighted by Crippen LogP contribution is -2.40. The van der Waals surface area contributed by atoms with Gasteiger partial charge < -0.3 is 19.7 Å². The number of nitrogens with zero attached hydrogens (tertiary/aromatic N) is 3. The number of halogens is 7. The van der Waals surface area contributed by atoms with Gasteiger partial charge in [-0.1, -0.05) is 0 Å². The highest BCUT2D eigenvalue weighted by Gasteiger charge is 2.46. The van der Waals surface area contributed by atoms with Crippen molar-refractivity contribution in [1.82, 2.24) is 4.90 Å². The zero-order chi connectivity index (χ0) is 29.6. The van der Waals surface area contributed by atoms with Crippen LogP contribution in [0.5, 0.6) is 5.75 Å². The summed E-state index contributed by atoms with van der Waals surface area (Å²) in [6.07, 6.45) is -15.7. The Morgan fingerprint density at radius 2 is 1.75 bits per heavy atom. The number of carbonyl (C=O) groups is 2. The molecule has 2 fully saturated rings. The van der Waals surface area contributed by atoms with Crippen LogP contribution in [-0.4, -0.2) is 72.4 Å². The molecule has 0 bridgehead atoms. The highest BCUT2D eigenvalue weighted by molar-refractivity contribution is 5.98. The van der Waals surface area contributed by atoms with Gasteiger partial charge in [0.15, 0.2) is 5.75 Å². The van der Waals surface area contributed by atoms with E-state index in [2.05, 4.69) is 0 Å². The van der Waals surface area contributed by atoms with E-state index >= 15 is 0 Å². The predicted octanol–water partition coefficient (Wildman–Crippen LogP) is 4.21. The normalized spacial score (nSPS) is 21.8. The van der Waals surface area contributed by atoms with Gasteiger partial charge in [-0.3, -0.25) is 14.7 Å². The number of benzene rings is 2. The topological polar surface area (TPSA) is 103 Å². The molecule has 2 N–H and O–H groups in total. The minimum atomic E-state index is -5.45. The van der Waals surface area contributed by atoms with Gasteiger partial charge in [0.1, 0.15) is 23.7 Å². The van der Waals surface area contributed by atoms with Gasteiger partial charge in [-0.05, 0) is 36.4 Å². The Morgan fingerprint density at radius 1 is 1.10 bits per heavy atom. The molecule has 2 aromatic rings. The van der Waals surface area contributed by atoms with Crippen LogP contribution in [0.1, 0.15) is 17.5 Å². The average molecular weight is 581 g/mol. The second-order valence-electron chi connectivity index (χ2n) is 9.01. The Morgan fingerprint density at radius 3 is 2.30 bits per heavy atom. The van der Waals surface area contributed by atoms with E-state index in [0.29, 0.717) is 9.80 Å². The zero-order valence-corrected chi connectivity index (χ0v) is 20.5. The van der Waals surface area contributed by atoms with Gasteiger partial charge in [0.05, 0.1) is 24.0 Å². The van der Waals surface area contributed by atoms with Crippen LogP contribution in [0.3, 0.4) is 0 Å². The largest absolute Gasteiger partial charge is 0.420 e. The Balaban J connectivity index is 1.76. The molecular weight excluding hydrogens is 559 g/mol. The quantitative estimate of drug-likeness (QED) is 0.514. The molecule has 0 radical (unpaired) electrons. The molecule has 9 nitrogen and oxygen atoms in total. The first-order valence-electron chi connectivity index (χ1n) is 11.7. The van der Waals surface area contributed by atoms with Gasteiger partial charge in [-0.25, -0.2) is 14.0 Å². The molecule has 3 unspecified atom stereocenters. The van der Waals surface area contributed by atoms with Crippen LogP contribution in [0.25, 0.3) is 0 Å². The number of urea groups is 1. The third-order valence-corrected chi connectivity index (χ3v) is 6.44. The van der Waals surface area contributed by atoms with Gasteiger partial charge in [-0.15, -0.1) is 0 Å². The van der Waals surface area contributed by atoms with E-state index in [0.717, 1.165) is 36.2 Å². The van der Waals surface area contributed by atoms with Crippen LogP contribution >= 0.6 is 0 Å². The van der Waals surface area contributed by atoms with Gasteiger partial charge >= 0.3 is 24.5 Å². The molecule has 3 atom stereocenters. The number of rotatable bonds is 5. The first-order chi connectivity index (χ1) is 18.6. The van der Waals surface area contributed by atoms with Crippen LogP contribution < -0.4 is 14.5 Å². The van der Waals surface area contributed by atoms with Crippen LogP contribution in [0, 0.1) is 5.82 Å². The SMILES string of the molecule is CN(C(=O)Oc1c(N2CCN(C3CC(O)C(CO)O3)C2=O)cc(C(F)(F)F)cc1C(F)(F)F)c1ccc(F)cc1. The van der Waals surface area contributed by atoms with E-state index < -0.39 is 84.4 Å². The van der Waals surface area contributed by atoms with Crippen molar-refractivity contribution in [1.29, 1.82) is 0 Å². The molecule has 2 aliphatic rings. The number of carbonyl (C=O) groups excluding carboxylic acids is 2. The minimum absolute atomic E-state index is 0.00720. The molecule has 3 amide bonds. The van der Waals surface area contributed by atoms with E-state index in [4.69, 9.17) is 9.47 Å². The van der Waals surface area contributed by atoms with Crippen molar-refractivity contribution in [3.8, 4) is 5.75 Å². The summed E-state index contributed by atoms with van der Waals surface area (Å²) in [4.78, 5) is 28.3. The Bertz CT molecular complexity index is 1270. The number of anilines is 2. The molecule has 4 rings (SSSR count). The molecule has 2 aliphatic heterocycles. The van der Waals surface area contributed by atoms with Crippen molar-refractivity contribution < 1.29 is 60.0 Å². The van der Waals surface area contributed by atoms with Crippen molar-refractivity contribution in [2.75, 3.05) is 36.5 Å². The molecular formula is C24H22F7N3O6. The van der Waals surface area contributed by atoms with Crippen molar-refractivity contribution in [3.05, 3.63) is 53.3 Å². The Hall–Kier alpha value is -3.63. The number of hydrogen-bond acceptors (Lipinski definition) is 6. The lowest BCUT2D eigenvalue weighted by Gasteiger charge is -2.27. The van der Waals surface area contributed by atoms with E-state index in [1.807, 2.05) is 0 Å². The number of alkyl halides is 6. The summed E-state index contributed by atoms with van der Waals surface area (Å²) in [7, 11) is 1.08. The summed E-state index contributed by atoms with van der Waals surface area (Å²) < 4.78 is 107. The standard InChI is InChI=1S/C24H22F7N3O6/c1-32(14-4-2-13(25)3-5-14)22(38)40-20-15(24(29,30)31)8-12(23(26,27)28)9-16(20)33-6-7-34(21(33)37)19-10-17(36)18(11-35)39-19/h2-5,8-9,17-19,35-36H,6-7,10-11H2,1H3. The number of amides is 3. The Labute approximate surface area is 221 Å². The van der Waals surface area contributed by atoms with Gasteiger partial charge in [0.25, 0.3) is 0 Å². The first-order valence-corrected chi connectivity index (χ1v) is 11.7. The summed E-state index contributed by atoms with van der Waals surface area (Å²) in [6, 6.07) is 3.11. The third kappa shape index (κ3) is 5.78. The maximum absolute atomic E-state index is 14.0. The fourth-order valence-electron chi connectivity index (χ4n) is 4.34. The highest BCUT2D eigenvalue weighted by atomic mass is 19.4. The second-order valence-corrected chi connectivity index (χ2v) is 9.01. The molecule has 0 saturated carbocycles. The fraction of sp³-hybridized carbons (Fsp3) is 0.417. The molecule has 218 valence electrons. The van der Waals surface area contributed by atoms with Crippen molar-refractivity contribution in [2.45, 2.75) is 37.2 Å². The monoisotopic (exact) mass is 581 g/mol. The van der Waals surface area contributed by atoms with Crippen molar-refractivity contribution in [2.24, 2.45) is 0 Å². The highest BCUT2D eigenvalue weighted by Crippen LogP contribution is 2.47. The average Bonchev–Trinajstić information content (AvgIpc) is 3.44. The molecule has 2 saturated heterocycles. The molecule has 16 heteroatoms. The van der Waals surface area contributed by atoms with Crippen LogP contribution in [-0.2, 0) is 17.1 Å². The molecule has 0 aliphatic carbocycles. The van der Waals surface area contributed by atoms with Crippen LogP contribution in [0.4, 0.5) is 51.7 Å². The van der Waals surface area contributed by atoms with Gasteiger partial charge in [-0.2, -0.15) is 26.3 Å². The van der Waals surface area contributed by atoms with E-state index in [9.17, 15) is 50.5 Å². The summed E-state index contributed by atoms with van der Waals surface area (Å²) in [6.45, 7) is -1.24. The molecule has 40 heavy (non-hydrogen) atoms. The number of aliphatic hydroxyl groups excluding tert-OH is 2. The number of hydrogen-bond donors (Lipinski definition) is 2. The lowest BCUT2D eigenvalue weighted by atomic mass is 10.1. The van der Waals surface area contributed by atoms with E-state index in [1.54, 1.807) is 0 Å². The zero-order valence-electron chi connectivity index (χ0n) is 20.5. The minimum Gasteiger partial charge on any atom is -0.407 e. The van der Waals surface area contributed by atoms with E-state index in [1.165, 1.54) is 0 Å². The van der Waals surface area contributed by atoms with Crippen LogP contribution in [0.15, 0.2) is 36.4 Å². The van der Waals surface area contributed by atoms with Crippen molar-refractivity contribution in [3.63, 3.8) is 0 Å². The smallest absolute Gasteiger partial charge is 0.407 e. The van der Waals surface area contributed by atoms with Crippen molar-refractivity contribution >= 4 is 23.5 Å². The third-order valence-electron chi connectivity index (χ3n) is 6.44. The maximum atomic E-state index is 14.0. The number of ether oxygens (including phenoxy) is 2. The van der Waals surface area contributed by atoms with Crippen LogP contribution in [0.2, 0.25) is 0 Å². The number of aliphatic hydroxyl groups is 2. The molecule has 2 heterocycles. The van der Waals surface area contributed by atoms with Gasteiger partial charge in [0.2, 0.25) is 0 Å². The fourth-order valence-corrected chi connectivity index (χ4v) is 4.34. The maximum Gasteiger partial charge on any atom is 0.420 e. The lowest BCUT2D eigenvalue weighted by molar-refractivity contribution is -0.143. The Kier molecular flexibility index (Phi) is 7.88. The predicted molar refractivity (Wildman–Crippen MR) is 123 cm³/mol. The summed E-state index contributed by atoms with van der Waals surface area (Å²) in [5.41, 5.74) is -4.70. The van der Waals surface area contributed by atoms with E-state index in [-0.39, 0.29) is 30.8 Å². The second kappa shape index (κ2) is 10.7. The summed E-state index contributed by atoms with van der Waals surface area (Å²) >= 11 is 0. The van der Waals surface area contributed by atoms with Gasteiger partial charge in [0, 0.05) is 32.2 Å². The summed E-state index contributed by atoms with van der Waals surface area (Å²) in [5, 5.41) is 19.3.